The Balaban J connectivity index is 1.61. The van der Waals surface area contributed by atoms with E-state index in [0.29, 0.717) is 5.89 Å². The fraction of sp³-hybridized carbons (Fsp3) is 0.429. The fourth-order valence-corrected chi connectivity index (χ4v) is 4.11. The van der Waals surface area contributed by atoms with Crippen molar-refractivity contribution >= 4 is 23.5 Å². The monoisotopic (exact) mass is 307 g/mol. The van der Waals surface area contributed by atoms with E-state index in [1.165, 1.54) is 10.5 Å². The van der Waals surface area contributed by atoms with Crippen molar-refractivity contribution < 1.29 is 4.52 Å². The average Bonchev–Trinajstić information content (AvgIpc) is 3.06. The maximum Gasteiger partial charge on any atom is 0.232 e. The normalized spacial score (nSPS) is 22.3. The van der Waals surface area contributed by atoms with Gasteiger partial charge in [0.2, 0.25) is 5.89 Å². The van der Waals surface area contributed by atoms with E-state index < -0.39 is 0 Å². The van der Waals surface area contributed by atoms with Gasteiger partial charge in [-0.2, -0.15) is 16.7 Å². The van der Waals surface area contributed by atoms with Crippen molar-refractivity contribution in [3.63, 3.8) is 0 Å². The molecule has 0 bridgehead atoms. The molecule has 2 N–H and O–H groups in total. The van der Waals surface area contributed by atoms with Crippen LogP contribution in [0.15, 0.2) is 33.7 Å². The summed E-state index contributed by atoms with van der Waals surface area (Å²) in [5, 5.41) is 4.06. The van der Waals surface area contributed by atoms with Gasteiger partial charge in [-0.25, -0.2) is 0 Å². The lowest BCUT2D eigenvalue weighted by molar-refractivity contribution is 0.349. The molecule has 1 fully saturated rings. The molecule has 0 amide bonds. The first-order valence-electron chi connectivity index (χ1n) is 6.57. The summed E-state index contributed by atoms with van der Waals surface area (Å²) < 4.78 is 5.36. The number of benzene rings is 1. The summed E-state index contributed by atoms with van der Waals surface area (Å²) in [5.74, 6) is 4.33. The molecular formula is C14H17N3OS2. The maximum absolute atomic E-state index is 6.05. The van der Waals surface area contributed by atoms with Crippen LogP contribution in [0.3, 0.4) is 0 Å². The summed E-state index contributed by atoms with van der Waals surface area (Å²) in [7, 11) is 0. The van der Waals surface area contributed by atoms with Crippen molar-refractivity contribution in [3.05, 3.63) is 41.5 Å². The first kappa shape index (κ1) is 14.0. The van der Waals surface area contributed by atoms with E-state index in [4.69, 9.17) is 10.3 Å². The van der Waals surface area contributed by atoms with Gasteiger partial charge < -0.3 is 10.3 Å². The van der Waals surface area contributed by atoms with Gasteiger partial charge >= 0.3 is 0 Å². The van der Waals surface area contributed by atoms with Crippen LogP contribution in [0.1, 0.15) is 23.2 Å². The molecule has 1 aromatic carbocycles. The van der Waals surface area contributed by atoms with Gasteiger partial charge in [0.25, 0.3) is 0 Å². The van der Waals surface area contributed by atoms with Crippen LogP contribution in [0.5, 0.6) is 0 Å². The Kier molecular flexibility index (Phi) is 4.33. The van der Waals surface area contributed by atoms with Crippen LogP contribution in [0.25, 0.3) is 0 Å². The lowest BCUT2D eigenvalue weighted by Crippen LogP contribution is -2.26. The van der Waals surface area contributed by atoms with E-state index in [2.05, 4.69) is 41.3 Å². The summed E-state index contributed by atoms with van der Waals surface area (Å²) in [6.07, 6.45) is 0. The minimum Gasteiger partial charge on any atom is -0.339 e. The van der Waals surface area contributed by atoms with E-state index >= 15 is 0 Å². The minimum absolute atomic E-state index is 0.137. The Morgan fingerprint density at radius 3 is 2.85 bits per heavy atom. The Bertz CT molecular complexity index is 570. The predicted molar refractivity (Wildman–Crippen MR) is 83.1 cm³/mol. The number of nitrogens with two attached hydrogens (primary N) is 1. The van der Waals surface area contributed by atoms with E-state index in [0.717, 1.165) is 23.1 Å². The number of aromatic nitrogens is 2. The van der Waals surface area contributed by atoms with Crippen LogP contribution >= 0.6 is 23.5 Å². The SMILES string of the molecule is Cc1ccc(SCc2noc(C3CSCC3N)n2)cc1. The molecule has 0 radical (unpaired) electrons. The van der Waals surface area contributed by atoms with E-state index in [-0.39, 0.29) is 12.0 Å². The van der Waals surface area contributed by atoms with Gasteiger partial charge in [-0.15, -0.1) is 11.8 Å². The third kappa shape index (κ3) is 3.19. The Hall–Kier alpha value is -0.980. The molecule has 1 saturated heterocycles. The van der Waals surface area contributed by atoms with Gasteiger partial charge in [0.15, 0.2) is 5.82 Å². The number of hydrogen-bond donors (Lipinski definition) is 1. The van der Waals surface area contributed by atoms with Gasteiger partial charge in [0, 0.05) is 22.4 Å². The van der Waals surface area contributed by atoms with Crippen molar-refractivity contribution in [3.8, 4) is 0 Å². The van der Waals surface area contributed by atoms with Crippen LogP contribution in [0, 0.1) is 6.92 Å². The van der Waals surface area contributed by atoms with Crippen LogP contribution in [0.4, 0.5) is 0 Å². The summed E-state index contributed by atoms with van der Waals surface area (Å²) in [5.41, 5.74) is 7.31. The predicted octanol–water partition coefficient (Wildman–Crippen LogP) is 2.83. The Labute approximate surface area is 126 Å². The third-order valence-electron chi connectivity index (χ3n) is 3.31. The zero-order valence-corrected chi connectivity index (χ0v) is 12.9. The molecule has 2 heterocycles. The van der Waals surface area contributed by atoms with Gasteiger partial charge in [0.05, 0.1) is 11.7 Å². The topological polar surface area (TPSA) is 64.9 Å². The highest BCUT2D eigenvalue weighted by atomic mass is 32.2. The summed E-state index contributed by atoms with van der Waals surface area (Å²) in [6.45, 7) is 2.09. The second-order valence-corrected chi connectivity index (χ2v) is 7.08. The molecule has 106 valence electrons. The van der Waals surface area contributed by atoms with Crippen molar-refractivity contribution in [2.24, 2.45) is 5.73 Å². The number of hydrogen-bond acceptors (Lipinski definition) is 6. The van der Waals surface area contributed by atoms with Crippen LogP contribution in [-0.2, 0) is 5.75 Å². The highest BCUT2D eigenvalue weighted by Crippen LogP contribution is 2.31. The molecule has 0 saturated carbocycles. The molecule has 1 aliphatic rings. The van der Waals surface area contributed by atoms with Crippen molar-refractivity contribution in [1.82, 2.24) is 10.1 Å². The van der Waals surface area contributed by atoms with Gasteiger partial charge in [-0.05, 0) is 19.1 Å². The standard InChI is InChI=1S/C14H17N3OS2/c1-9-2-4-10(5-3-9)20-8-13-16-14(18-17-13)11-6-19-7-12(11)15/h2-5,11-12H,6-8,15H2,1H3. The van der Waals surface area contributed by atoms with Crippen LogP contribution in [0.2, 0.25) is 0 Å². The minimum atomic E-state index is 0.137. The molecule has 3 rings (SSSR count). The Morgan fingerprint density at radius 1 is 1.35 bits per heavy atom. The zero-order valence-electron chi connectivity index (χ0n) is 11.3. The Morgan fingerprint density at radius 2 is 2.15 bits per heavy atom. The maximum atomic E-state index is 6.05. The highest BCUT2D eigenvalue weighted by Gasteiger charge is 2.30. The van der Waals surface area contributed by atoms with Crippen molar-refractivity contribution in [1.29, 1.82) is 0 Å². The molecule has 2 atom stereocenters. The number of thioether (sulfide) groups is 2. The first-order valence-corrected chi connectivity index (χ1v) is 8.71. The third-order valence-corrected chi connectivity index (χ3v) is 5.54. The molecule has 0 spiro atoms. The van der Waals surface area contributed by atoms with Crippen LogP contribution < -0.4 is 5.73 Å². The van der Waals surface area contributed by atoms with Gasteiger partial charge in [-0.1, -0.05) is 22.9 Å². The van der Waals surface area contributed by atoms with E-state index in [1.54, 1.807) is 11.8 Å². The fourth-order valence-electron chi connectivity index (χ4n) is 2.08. The molecular weight excluding hydrogens is 290 g/mol. The van der Waals surface area contributed by atoms with Gasteiger partial charge in [-0.3, -0.25) is 0 Å². The molecule has 1 aromatic heterocycles. The molecule has 20 heavy (non-hydrogen) atoms. The summed E-state index contributed by atoms with van der Waals surface area (Å²) in [6, 6.07) is 8.59. The molecule has 0 aliphatic carbocycles. The zero-order chi connectivity index (χ0) is 13.9. The number of rotatable bonds is 4. The quantitative estimate of drug-likeness (QED) is 0.876. The average molecular weight is 307 g/mol. The molecule has 1 aliphatic heterocycles. The first-order chi connectivity index (χ1) is 9.72. The molecule has 4 nitrogen and oxygen atoms in total. The van der Waals surface area contributed by atoms with E-state index in [9.17, 15) is 0 Å². The van der Waals surface area contributed by atoms with E-state index in [1.807, 2.05) is 11.8 Å². The summed E-state index contributed by atoms with van der Waals surface area (Å²) >= 11 is 3.57. The lowest BCUT2D eigenvalue weighted by atomic mass is 10.1. The molecule has 2 aromatic rings. The van der Waals surface area contributed by atoms with Crippen LogP contribution in [-0.4, -0.2) is 27.7 Å². The molecule has 2 unspecified atom stereocenters. The van der Waals surface area contributed by atoms with Crippen molar-refractivity contribution in [2.45, 2.75) is 29.5 Å². The summed E-state index contributed by atoms with van der Waals surface area (Å²) in [4.78, 5) is 5.70. The lowest BCUT2D eigenvalue weighted by Gasteiger charge is -2.07. The second-order valence-electron chi connectivity index (χ2n) is 4.96. The highest BCUT2D eigenvalue weighted by molar-refractivity contribution is 7.99. The number of aryl methyl sites for hydroxylation is 1. The number of nitrogens with zero attached hydrogens (tertiary/aromatic N) is 2. The largest absolute Gasteiger partial charge is 0.339 e. The molecule has 6 heteroatoms. The van der Waals surface area contributed by atoms with Gasteiger partial charge in [0.1, 0.15) is 0 Å². The van der Waals surface area contributed by atoms with Crippen molar-refractivity contribution in [2.75, 3.05) is 11.5 Å². The second kappa shape index (κ2) is 6.20. The smallest absolute Gasteiger partial charge is 0.232 e.